The van der Waals surface area contributed by atoms with Gasteiger partial charge in [0.2, 0.25) is 0 Å². The normalized spacial score (nSPS) is 11.1. The number of aromatic amines is 1. The highest BCUT2D eigenvalue weighted by Crippen LogP contribution is 2.18. The number of nitrogens with one attached hydrogen (secondary N) is 1. The first-order valence-corrected chi connectivity index (χ1v) is 7.17. The van der Waals surface area contributed by atoms with Gasteiger partial charge < -0.3 is 9.30 Å². The predicted octanol–water partition coefficient (Wildman–Crippen LogP) is 2.50. The van der Waals surface area contributed by atoms with Crippen LogP contribution in [0, 0.1) is 3.57 Å². The Morgan fingerprint density at radius 1 is 1.30 bits per heavy atom. The van der Waals surface area contributed by atoms with Crippen LogP contribution in [0.15, 0.2) is 47.5 Å². The Morgan fingerprint density at radius 3 is 2.90 bits per heavy atom. The molecule has 20 heavy (non-hydrogen) atoms. The van der Waals surface area contributed by atoms with E-state index in [4.69, 9.17) is 4.74 Å². The van der Waals surface area contributed by atoms with Gasteiger partial charge in [0, 0.05) is 9.77 Å². The van der Waals surface area contributed by atoms with Crippen molar-refractivity contribution in [2.75, 3.05) is 0 Å². The predicted molar refractivity (Wildman–Crippen MR) is 84.3 cm³/mol. The lowest BCUT2D eigenvalue weighted by atomic mass is 10.2. The summed E-state index contributed by atoms with van der Waals surface area (Å²) < 4.78 is 8.47. The molecule has 0 bridgehead atoms. The molecule has 102 valence electrons. The van der Waals surface area contributed by atoms with Crippen molar-refractivity contribution in [1.29, 1.82) is 0 Å². The van der Waals surface area contributed by atoms with Crippen LogP contribution < -0.4 is 5.56 Å². The van der Waals surface area contributed by atoms with E-state index in [0.717, 1.165) is 14.7 Å². The molecule has 1 N–H and O–H groups in total. The number of rotatable bonds is 4. The Bertz CT molecular complexity index is 780. The second kappa shape index (κ2) is 5.76. The minimum absolute atomic E-state index is 0.172. The van der Waals surface area contributed by atoms with Crippen molar-refractivity contribution in [3.05, 3.63) is 62.2 Å². The molecule has 6 heteroatoms. The minimum atomic E-state index is -0.172. The van der Waals surface area contributed by atoms with Gasteiger partial charge in [-0.3, -0.25) is 4.79 Å². The number of nitrogens with zero attached hydrogens (tertiary/aromatic N) is 2. The smallest absolute Gasteiger partial charge is 0.274 e. The third-order valence-corrected chi connectivity index (χ3v) is 3.81. The quantitative estimate of drug-likeness (QED) is 0.707. The lowest BCUT2D eigenvalue weighted by Gasteiger charge is -2.06. The maximum Gasteiger partial charge on any atom is 0.274 e. The van der Waals surface area contributed by atoms with Gasteiger partial charge in [0.05, 0.1) is 23.7 Å². The van der Waals surface area contributed by atoms with Crippen LogP contribution in [0.1, 0.15) is 5.56 Å². The van der Waals surface area contributed by atoms with E-state index in [9.17, 15) is 4.79 Å². The van der Waals surface area contributed by atoms with Crippen LogP contribution in [0.4, 0.5) is 0 Å². The number of hydrogen-bond donors (Lipinski definition) is 1. The van der Waals surface area contributed by atoms with E-state index in [1.54, 1.807) is 6.20 Å². The molecule has 0 radical (unpaired) electrons. The summed E-state index contributed by atoms with van der Waals surface area (Å²) in [5.41, 5.74) is 1.73. The van der Waals surface area contributed by atoms with Gasteiger partial charge in [0.25, 0.3) is 5.56 Å². The Kier molecular flexibility index (Phi) is 3.83. The van der Waals surface area contributed by atoms with E-state index >= 15 is 0 Å². The van der Waals surface area contributed by atoms with Crippen LogP contribution in [-0.2, 0) is 18.1 Å². The third-order valence-electron chi connectivity index (χ3n) is 3.00. The van der Waals surface area contributed by atoms with Gasteiger partial charge in [-0.15, -0.1) is 0 Å². The number of ether oxygens (including phenoxy) is 1. The fourth-order valence-electron chi connectivity index (χ4n) is 2.05. The highest BCUT2D eigenvalue weighted by molar-refractivity contribution is 14.1. The lowest BCUT2D eigenvalue weighted by Crippen LogP contribution is -2.08. The number of halogens is 1. The minimum Gasteiger partial charge on any atom is -0.356 e. The monoisotopic (exact) mass is 381 g/mol. The van der Waals surface area contributed by atoms with Crippen LogP contribution in [0.5, 0.6) is 0 Å². The first-order valence-electron chi connectivity index (χ1n) is 6.09. The molecular weight excluding hydrogens is 369 g/mol. The molecule has 0 aliphatic heterocycles. The van der Waals surface area contributed by atoms with Gasteiger partial charge in [0.15, 0.2) is 0 Å². The first kappa shape index (κ1) is 13.3. The number of hydrogen-bond acceptors (Lipinski definition) is 3. The van der Waals surface area contributed by atoms with E-state index in [-0.39, 0.29) is 5.56 Å². The van der Waals surface area contributed by atoms with Crippen molar-refractivity contribution in [2.24, 2.45) is 0 Å². The standard InChI is InChI=1S/C14H12IN3O2/c15-11-7-18(12-6-16-17-14(19)13(11)12)9-20-8-10-4-2-1-3-5-10/h1-7H,8-9H2,(H,17,19). The molecule has 0 atom stereocenters. The molecule has 2 aromatic heterocycles. The third kappa shape index (κ3) is 2.61. The van der Waals surface area contributed by atoms with Crippen LogP contribution >= 0.6 is 22.6 Å². The molecule has 0 saturated carbocycles. The molecule has 1 aromatic carbocycles. The molecular formula is C14H12IN3O2. The van der Waals surface area contributed by atoms with Gasteiger partial charge in [0.1, 0.15) is 6.73 Å². The van der Waals surface area contributed by atoms with Gasteiger partial charge in [-0.2, -0.15) is 5.10 Å². The fraction of sp³-hybridized carbons (Fsp3) is 0.143. The van der Waals surface area contributed by atoms with Crippen molar-refractivity contribution in [3.63, 3.8) is 0 Å². The summed E-state index contributed by atoms with van der Waals surface area (Å²) >= 11 is 2.14. The number of fused-ring (bicyclic) bond motifs is 1. The fourth-order valence-corrected chi connectivity index (χ4v) is 2.91. The van der Waals surface area contributed by atoms with E-state index in [2.05, 4.69) is 32.8 Å². The van der Waals surface area contributed by atoms with E-state index in [1.807, 2.05) is 41.1 Å². The first-order chi connectivity index (χ1) is 9.75. The molecule has 5 nitrogen and oxygen atoms in total. The summed E-state index contributed by atoms with van der Waals surface area (Å²) in [6, 6.07) is 9.98. The van der Waals surface area contributed by atoms with E-state index < -0.39 is 0 Å². The van der Waals surface area contributed by atoms with Crippen molar-refractivity contribution in [1.82, 2.24) is 14.8 Å². The van der Waals surface area contributed by atoms with E-state index in [0.29, 0.717) is 18.7 Å². The van der Waals surface area contributed by atoms with Gasteiger partial charge >= 0.3 is 0 Å². The van der Waals surface area contributed by atoms with Crippen molar-refractivity contribution < 1.29 is 4.74 Å². The number of aromatic nitrogens is 3. The topological polar surface area (TPSA) is 59.9 Å². The molecule has 0 spiro atoms. The van der Waals surface area contributed by atoms with Gasteiger partial charge in [-0.05, 0) is 28.2 Å². The maximum absolute atomic E-state index is 11.7. The molecule has 0 amide bonds. The van der Waals surface area contributed by atoms with Gasteiger partial charge in [-0.25, -0.2) is 5.10 Å². The summed E-state index contributed by atoms with van der Waals surface area (Å²) in [5.74, 6) is 0. The Hall–Kier alpha value is -1.67. The van der Waals surface area contributed by atoms with Crippen molar-refractivity contribution >= 4 is 33.5 Å². The molecule has 3 rings (SSSR count). The van der Waals surface area contributed by atoms with Crippen LogP contribution in [0.25, 0.3) is 10.9 Å². The zero-order valence-corrected chi connectivity index (χ0v) is 12.7. The highest BCUT2D eigenvalue weighted by Gasteiger charge is 2.10. The molecule has 0 aliphatic carbocycles. The Balaban J connectivity index is 1.79. The lowest BCUT2D eigenvalue weighted by molar-refractivity contribution is 0.0667. The van der Waals surface area contributed by atoms with Gasteiger partial charge in [-0.1, -0.05) is 30.3 Å². The van der Waals surface area contributed by atoms with E-state index in [1.165, 1.54) is 0 Å². The summed E-state index contributed by atoms with van der Waals surface area (Å²) in [5, 5.41) is 6.94. The molecule has 3 aromatic rings. The molecule has 0 unspecified atom stereocenters. The zero-order chi connectivity index (χ0) is 13.9. The van der Waals surface area contributed by atoms with Crippen LogP contribution in [0.2, 0.25) is 0 Å². The average Bonchev–Trinajstić information content (AvgIpc) is 2.78. The maximum atomic E-state index is 11.7. The summed E-state index contributed by atoms with van der Waals surface area (Å²) in [7, 11) is 0. The summed E-state index contributed by atoms with van der Waals surface area (Å²) in [6.07, 6.45) is 3.54. The van der Waals surface area contributed by atoms with Crippen molar-refractivity contribution in [3.8, 4) is 0 Å². The second-order valence-electron chi connectivity index (χ2n) is 4.37. The van der Waals surface area contributed by atoms with Crippen molar-refractivity contribution in [2.45, 2.75) is 13.3 Å². The van der Waals surface area contributed by atoms with Crippen LogP contribution in [0.3, 0.4) is 0 Å². The number of benzene rings is 1. The number of H-pyrrole nitrogens is 1. The Morgan fingerprint density at radius 2 is 2.10 bits per heavy atom. The largest absolute Gasteiger partial charge is 0.356 e. The molecule has 0 saturated heterocycles. The Labute approximate surface area is 128 Å². The average molecular weight is 381 g/mol. The zero-order valence-electron chi connectivity index (χ0n) is 10.5. The molecule has 2 heterocycles. The highest BCUT2D eigenvalue weighted by atomic mass is 127. The molecule has 0 fully saturated rings. The molecule has 0 aliphatic rings. The van der Waals surface area contributed by atoms with Crippen LogP contribution in [-0.4, -0.2) is 14.8 Å². The second-order valence-corrected chi connectivity index (χ2v) is 5.53. The summed E-state index contributed by atoms with van der Waals surface area (Å²) in [6.45, 7) is 0.924. The SMILES string of the molecule is O=c1[nH]ncc2c1c(I)cn2COCc1ccccc1. The summed E-state index contributed by atoms with van der Waals surface area (Å²) in [4.78, 5) is 11.7.